The largest absolute Gasteiger partial charge is 0.294 e. The maximum Gasteiger partial charge on any atom is 0.161 e. The lowest BCUT2D eigenvalue weighted by Gasteiger charge is -2.05. The number of ketones is 1. The number of hydrogen-bond acceptors (Lipinski definition) is 2. The Kier molecular flexibility index (Phi) is 4.04. The first-order valence-corrected chi connectivity index (χ1v) is 6.50. The first kappa shape index (κ1) is 13.1. The minimum Gasteiger partial charge on any atom is -0.294 e. The van der Waals surface area contributed by atoms with Gasteiger partial charge in [-0.15, -0.1) is 0 Å². The van der Waals surface area contributed by atoms with E-state index in [2.05, 4.69) is 0 Å². The molecule has 2 aromatic carbocycles. The van der Waals surface area contributed by atoms with Gasteiger partial charge in [0, 0.05) is 15.4 Å². The molecule has 4 heteroatoms. The molecule has 0 saturated heterocycles. The second-order valence-electron chi connectivity index (χ2n) is 3.73. The maximum atomic E-state index is 13.5. The number of carbonyl (C=O) groups excluding carboxylic acids is 1. The lowest BCUT2D eigenvalue weighted by molar-refractivity contribution is 0.101. The Balaban J connectivity index is 2.29. The lowest BCUT2D eigenvalue weighted by Crippen LogP contribution is -1.93. The average molecular weight is 281 g/mol. The average Bonchev–Trinajstić information content (AvgIpc) is 2.32. The van der Waals surface area contributed by atoms with E-state index in [1.165, 1.54) is 24.8 Å². The highest BCUT2D eigenvalue weighted by Crippen LogP contribution is 2.32. The van der Waals surface area contributed by atoms with E-state index in [1.54, 1.807) is 36.4 Å². The van der Waals surface area contributed by atoms with Crippen molar-refractivity contribution in [1.82, 2.24) is 0 Å². The molecule has 0 saturated carbocycles. The molecule has 0 amide bonds. The number of halogens is 2. The third kappa shape index (κ3) is 2.92. The topological polar surface area (TPSA) is 17.1 Å². The Morgan fingerprint density at radius 1 is 1.22 bits per heavy atom. The van der Waals surface area contributed by atoms with Crippen molar-refractivity contribution >= 4 is 29.1 Å². The first-order chi connectivity index (χ1) is 8.58. The number of benzene rings is 2. The van der Waals surface area contributed by atoms with Crippen molar-refractivity contribution in [1.29, 1.82) is 0 Å². The highest BCUT2D eigenvalue weighted by Gasteiger charge is 2.08. The van der Waals surface area contributed by atoms with E-state index in [-0.39, 0.29) is 11.6 Å². The van der Waals surface area contributed by atoms with Gasteiger partial charge in [0.15, 0.2) is 5.78 Å². The molecular formula is C14H10ClFOS. The van der Waals surface area contributed by atoms with Crippen LogP contribution in [0.15, 0.2) is 52.3 Å². The summed E-state index contributed by atoms with van der Waals surface area (Å²) in [5, 5.41) is 0.392. The molecule has 18 heavy (non-hydrogen) atoms. The summed E-state index contributed by atoms with van der Waals surface area (Å²) in [5.41, 5.74) is 0.481. The number of Topliss-reactive ketones (excluding diaryl/α,β-unsaturated/α-hetero) is 1. The smallest absolute Gasteiger partial charge is 0.161 e. The summed E-state index contributed by atoms with van der Waals surface area (Å²) >= 11 is 7.28. The zero-order chi connectivity index (χ0) is 13.1. The van der Waals surface area contributed by atoms with Crippen molar-refractivity contribution in [3.8, 4) is 0 Å². The van der Waals surface area contributed by atoms with Gasteiger partial charge in [0.05, 0.1) is 5.02 Å². The predicted octanol–water partition coefficient (Wildman–Crippen LogP) is 4.83. The van der Waals surface area contributed by atoms with Crippen LogP contribution in [0.2, 0.25) is 5.02 Å². The van der Waals surface area contributed by atoms with E-state index in [0.717, 1.165) is 4.90 Å². The van der Waals surface area contributed by atoms with Gasteiger partial charge in [-0.3, -0.25) is 4.79 Å². The molecule has 0 heterocycles. The summed E-state index contributed by atoms with van der Waals surface area (Å²) in [5.74, 6) is -0.350. The van der Waals surface area contributed by atoms with Crippen molar-refractivity contribution in [2.75, 3.05) is 0 Å². The van der Waals surface area contributed by atoms with Crippen molar-refractivity contribution in [2.45, 2.75) is 16.7 Å². The van der Waals surface area contributed by atoms with Crippen molar-refractivity contribution in [2.24, 2.45) is 0 Å². The molecule has 0 aliphatic rings. The molecule has 0 bridgehead atoms. The molecule has 0 aliphatic heterocycles. The SMILES string of the molecule is CC(=O)c1ccc(Sc2ccccc2F)cc1Cl. The Hall–Kier alpha value is -1.32. The molecule has 0 fully saturated rings. The molecule has 0 spiro atoms. The maximum absolute atomic E-state index is 13.5. The third-order valence-corrected chi connectivity index (χ3v) is 3.74. The molecular weight excluding hydrogens is 271 g/mol. The van der Waals surface area contributed by atoms with Crippen LogP contribution in [-0.2, 0) is 0 Å². The molecule has 0 unspecified atom stereocenters. The minimum absolute atomic E-state index is 0.0811. The standard InChI is InChI=1S/C14H10ClFOS/c1-9(17)11-7-6-10(8-12(11)15)18-14-5-3-2-4-13(14)16/h2-8H,1H3. The van der Waals surface area contributed by atoms with Crippen LogP contribution in [0.3, 0.4) is 0 Å². The van der Waals surface area contributed by atoms with Crippen molar-refractivity contribution in [3.05, 3.63) is 58.9 Å². The van der Waals surface area contributed by atoms with Crippen molar-refractivity contribution in [3.63, 3.8) is 0 Å². The lowest BCUT2D eigenvalue weighted by atomic mass is 10.1. The monoisotopic (exact) mass is 280 g/mol. The Morgan fingerprint density at radius 2 is 1.94 bits per heavy atom. The molecule has 2 aromatic rings. The second kappa shape index (κ2) is 5.55. The van der Waals surface area contributed by atoms with Crippen LogP contribution < -0.4 is 0 Å². The Morgan fingerprint density at radius 3 is 2.56 bits per heavy atom. The van der Waals surface area contributed by atoms with Crippen LogP contribution in [-0.4, -0.2) is 5.78 Å². The first-order valence-electron chi connectivity index (χ1n) is 5.31. The van der Waals surface area contributed by atoms with E-state index in [9.17, 15) is 9.18 Å². The van der Waals surface area contributed by atoms with E-state index in [0.29, 0.717) is 15.5 Å². The Bertz CT molecular complexity index is 598. The third-order valence-electron chi connectivity index (χ3n) is 2.38. The van der Waals surface area contributed by atoms with E-state index >= 15 is 0 Å². The summed E-state index contributed by atoms with van der Waals surface area (Å²) in [4.78, 5) is 12.6. The highest BCUT2D eigenvalue weighted by atomic mass is 35.5. The minimum atomic E-state index is -0.269. The summed E-state index contributed by atoms with van der Waals surface area (Å²) in [6.07, 6.45) is 0. The number of carbonyl (C=O) groups is 1. The van der Waals surface area contributed by atoms with Gasteiger partial charge in [-0.05, 0) is 37.3 Å². The fraction of sp³-hybridized carbons (Fsp3) is 0.0714. The quantitative estimate of drug-likeness (QED) is 0.749. The van der Waals surface area contributed by atoms with Crippen LogP contribution in [0.1, 0.15) is 17.3 Å². The van der Waals surface area contributed by atoms with Crippen LogP contribution >= 0.6 is 23.4 Å². The summed E-state index contributed by atoms with van der Waals surface area (Å²) in [6.45, 7) is 1.46. The van der Waals surface area contributed by atoms with Gasteiger partial charge in [0.1, 0.15) is 5.82 Å². The van der Waals surface area contributed by atoms with Crippen LogP contribution in [0.25, 0.3) is 0 Å². The number of hydrogen-bond donors (Lipinski definition) is 0. The van der Waals surface area contributed by atoms with E-state index in [4.69, 9.17) is 11.6 Å². The predicted molar refractivity (Wildman–Crippen MR) is 72.0 cm³/mol. The van der Waals surface area contributed by atoms with Gasteiger partial charge in [-0.2, -0.15) is 0 Å². The highest BCUT2D eigenvalue weighted by molar-refractivity contribution is 7.99. The second-order valence-corrected chi connectivity index (χ2v) is 5.25. The summed E-state index contributed by atoms with van der Waals surface area (Å²) in [6, 6.07) is 11.6. The fourth-order valence-corrected chi connectivity index (χ4v) is 2.76. The molecule has 1 nitrogen and oxygen atoms in total. The molecule has 0 aliphatic carbocycles. The van der Waals surface area contributed by atoms with Crippen LogP contribution in [0, 0.1) is 5.82 Å². The number of rotatable bonds is 3. The fourth-order valence-electron chi connectivity index (χ4n) is 1.50. The molecule has 0 N–H and O–H groups in total. The molecule has 92 valence electrons. The molecule has 0 aromatic heterocycles. The van der Waals surface area contributed by atoms with Gasteiger partial charge < -0.3 is 0 Å². The summed E-state index contributed by atoms with van der Waals surface area (Å²) in [7, 11) is 0. The van der Waals surface area contributed by atoms with Crippen LogP contribution in [0.4, 0.5) is 4.39 Å². The van der Waals surface area contributed by atoms with Gasteiger partial charge in [-0.25, -0.2) is 4.39 Å². The zero-order valence-corrected chi connectivity index (χ0v) is 11.2. The molecule has 2 rings (SSSR count). The molecule has 0 radical (unpaired) electrons. The van der Waals surface area contributed by atoms with E-state index < -0.39 is 0 Å². The molecule has 0 atom stereocenters. The summed E-state index contributed by atoms with van der Waals surface area (Å²) < 4.78 is 13.5. The Labute approximate surface area is 114 Å². The van der Waals surface area contributed by atoms with Gasteiger partial charge in [0.2, 0.25) is 0 Å². The van der Waals surface area contributed by atoms with E-state index in [1.807, 2.05) is 0 Å². The van der Waals surface area contributed by atoms with Crippen LogP contribution in [0.5, 0.6) is 0 Å². The normalized spacial score (nSPS) is 10.4. The van der Waals surface area contributed by atoms with Gasteiger partial charge in [0.25, 0.3) is 0 Å². The van der Waals surface area contributed by atoms with Gasteiger partial charge in [-0.1, -0.05) is 35.5 Å². The zero-order valence-electron chi connectivity index (χ0n) is 9.61. The van der Waals surface area contributed by atoms with Gasteiger partial charge >= 0.3 is 0 Å². The van der Waals surface area contributed by atoms with Crippen molar-refractivity contribution < 1.29 is 9.18 Å².